The van der Waals surface area contributed by atoms with E-state index in [0.29, 0.717) is 0 Å². The second-order valence-electron chi connectivity index (χ2n) is 2.69. The summed E-state index contributed by atoms with van der Waals surface area (Å²) in [5.74, 6) is -1.34. The van der Waals surface area contributed by atoms with Crippen molar-refractivity contribution in [2.45, 2.75) is 0 Å². The summed E-state index contributed by atoms with van der Waals surface area (Å²) in [6.07, 6.45) is 3.38. The van der Waals surface area contributed by atoms with Gasteiger partial charge in [-0.05, 0) is 12.1 Å². The molecule has 0 atom stereocenters. The van der Waals surface area contributed by atoms with Crippen molar-refractivity contribution in [3.05, 3.63) is 34.0 Å². The Bertz CT molecular complexity index is 455. The standard InChI is InChI=1S/C9H8N2O5/c1-16-7(12)3-2-6-4-5-10-9(13)8(6)11(14)15/h2-5H,1H3,(H,10,13). The van der Waals surface area contributed by atoms with Crippen molar-refractivity contribution in [1.29, 1.82) is 0 Å². The second-order valence-corrected chi connectivity index (χ2v) is 2.69. The number of methoxy groups -OCH3 is 1. The maximum absolute atomic E-state index is 10.8. The summed E-state index contributed by atoms with van der Waals surface area (Å²) in [6.45, 7) is 0. The Labute approximate surface area is 90.1 Å². The predicted octanol–water partition coefficient (Wildman–Crippen LogP) is 0.882. The first-order chi connectivity index (χ1) is 7.56. The Kier molecular flexibility index (Phi) is 3.54. The number of carbonyl (C=O) groups is 1. The van der Waals surface area contributed by atoms with Gasteiger partial charge in [-0.1, -0.05) is 0 Å². The largest absolute Gasteiger partial charge is 0.488 e. The third kappa shape index (κ3) is 2.53. The van der Waals surface area contributed by atoms with Crippen LogP contribution in [-0.2, 0) is 9.53 Å². The SMILES string of the molecule is COC(=O)C=Cc1ccnc(O)c1[N+](=O)[O-]. The molecule has 0 spiro atoms. The van der Waals surface area contributed by atoms with Crippen LogP contribution < -0.4 is 0 Å². The van der Waals surface area contributed by atoms with Crippen LogP contribution in [0.2, 0.25) is 0 Å². The molecule has 0 aromatic carbocycles. The molecule has 84 valence electrons. The first kappa shape index (κ1) is 11.6. The lowest BCUT2D eigenvalue weighted by molar-refractivity contribution is -0.386. The average molecular weight is 224 g/mol. The molecule has 0 radical (unpaired) electrons. The van der Waals surface area contributed by atoms with Crippen LogP contribution in [0, 0.1) is 10.1 Å². The van der Waals surface area contributed by atoms with Crippen molar-refractivity contribution >= 4 is 17.7 Å². The zero-order valence-corrected chi connectivity index (χ0v) is 8.28. The Morgan fingerprint density at radius 2 is 2.38 bits per heavy atom. The van der Waals surface area contributed by atoms with Gasteiger partial charge in [-0.3, -0.25) is 10.1 Å². The molecule has 0 aliphatic heterocycles. The van der Waals surface area contributed by atoms with E-state index < -0.39 is 22.5 Å². The summed E-state index contributed by atoms with van der Waals surface area (Å²) in [6, 6.07) is 1.30. The molecule has 1 rings (SSSR count). The quantitative estimate of drug-likeness (QED) is 0.354. The van der Waals surface area contributed by atoms with Gasteiger partial charge in [0.15, 0.2) is 0 Å². The van der Waals surface area contributed by atoms with Gasteiger partial charge in [0.1, 0.15) is 0 Å². The highest BCUT2D eigenvalue weighted by Gasteiger charge is 2.18. The van der Waals surface area contributed by atoms with E-state index in [0.717, 1.165) is 6.08 Å². The van der Waals surface area contributed by atoms with Crippen LogP contribution in [0.1, 0.15) is 5.56 Å². The Morgan fingerprint density at radius 1 is 1.69 bits per heavy atom. The van der Waals surface area contributed by atoms with E-state index >= 15 is 0 Å². The third-order valence-corrected chi connectivity index (χ3v) is 1.72. The number of hydrogen-bond donors (Lipinski definition) is 1. The van der Waals surface area contributed by atoms with Gasteiger partial charge < -0.3 is 9.84 Å². The van der Waals surface area contributed by atoms with E-state index in [-0.39, 0.29) is 5.56 Å². The number of aromatic hydroxyl groups is 1. The highest BCUT2D eigenvalue weighted by molar-refractivity contribution is 5.88. The van der Waals surface area contributed by atoms with Gasteiger partial charge in [0.25, 0.3) is 5.88 Å². The molecule has 0 fully saturated rings. The molecule has 7 heteroatoms. The molecule has 1 heterocycles. The molecular weight excluding hydrogens is 216 g/mol. The molecule has 0 aliphatic carbocycles. The zero-order chi connectivity index (χ0) is 12.1. The first-order valence-corrected chi connectivity index (χ1v) is 4.14. The fourth-order valence-electron chi connectivity index (χ4n) is 1.00. The van der Waals surface area contributed by atoms with E-state index in [9.17, 15) is 20.0 Å². The van der Waals surface area contributed by atoms with Crippen LogP contribution >= 0.6 is 0 Å². The van der Waals surface area contributed by atoms with Gasteiger partial charge in [0.05, 0.1) is 17.6 Å². The third-order valence-electron chi connectivity index (χ3n) is 1.72. The molecule has 16 heavy (non-hydrogen) atoms. The fourth-order valence-corrected chi connectivity index (χ4v) is 1.00. The van der Waals surface area contributed by atoms with E-state index in [1.807, 2.05) is 0 Å². The molecule has 1 aromatic heterocycles. The summed E-state index contributed by atoms with van der Waals surface area (Å²) in [5.41, 5.74) is -0.481. The lowest BCUT2D eigenvalue weighted by Crippen LogP contribution is -1.96. The van der Waals surface area contributed by atoms with Crippen molar-refractivity contribution < 1.29 is 19.6 Å². The molecule has 1 aromatic rings. The number of carbonyl (C=O) groups excluding carboxylic acids is 1. The summed E-state index contributed by atoms with van der Waals surface area (Å²) in [4.78, 5) is 24.0. The molecule has 0 bridgehead atoms. The number of rotatable bonds is 3. The minimum atomic E-state index is -0.778. The Hall–Kier alpha value is -2.44. The molecule has 0 saturated heterocycles. The normalized spacial score (nSPS) is 10.3. The van der Waals surface area contributed by atoms with Crippen molar-refractivity contribution in [1.82, 2.24) is 4.98 Å². The highest BCUT2D eigenvalue weighted by atomic mass is 16.6. The summed E-state index contributed by atoms with van der Waals surface area (Å²) in [5, 5.41) is 19.8. The fraction of sp³-hybridized carbons (Fsp3) is 0.111. The summed E-state index contributed by atoms with van der Waals surface area (Å²) >= 11 is 0. The number of nitrogens with zero attached hydrogens (tertiary/aromatic N) is 2. The number of aromatic nitrogens is 1. The van der Waals surface area contributed by atoms with Crippen molar-refractivity contribution in [2.75, 3.05) is 7.11 Å². The van der Waals surface area contributed by atoms with Gasteiger partial charge in [-0.25, -0.2) is 9.78 Å². The predicted molar refractivity (Wildman–Crippen MR) is 53.6 cm³/mol. The zero-order valence-electron chi connectivity index (χ0n) is 8.28. The van der Waals surface area contributed by atoms with Gasteiger partial charge in [0.2, 0.25) is 0 Å². The number of esters is 1. The smallest absolute Gasteiger partial charge is 0.337 e. The molecule has 0 amide bonds. The molecular formula is C9H8N2O5. The number of hydrogen-bond acceptors (Lipinski definition) is 6. The van der Waals surface area contributed by atoms with Crippen LogP contribution in [0.4, 0.5) is 5.69 Å². The Balaban J connectivity index is 3.14. The van der Waals surface area contributed by atoms with Crippen LogP contribution in [0.5, 0.6) is 5.88 Å². The molecule has 0 saturated carbocycles. The van der Waals surface area contributed by atoms with E-state index in [1.165, 1.54) is 25.4 Å². The number of nitro groups is 1. The first-order valence-electron chi connectivity index (χ1n) is 4.14. The van der Waals surface area contributed by atoms with Crippen LogP contribution in [0.25, 0.3) is 6.08 Å². The highest BCUT2D eigenvalue weighted by Crippen LogP contribution is 2.27. The van der Waals surface area contributed by atoms with E-state index in [2.05, 4.69) is 9.72 Å². The lowest BCUT2D eigenvalue weighted by atomic mass is 10.2. The van der Waals surface area contributed by atoms with Crippen LogP contribution in [0.15, 0.2) is 18.3 Å². The van der Waals surface area contributed by atoms with Gasteiger partial charge >= 0.3 is 11.7 Å². The maximum atomic E-state index is 10.8. The minimum Gasteiger partial charge on any atom is -0.488 e. The maximum Gasteiger partial charge on any atom is 0.337 e. The number of ether oxygens (including phenoxy) is 1. The van der Waals surface area contributed by atoms with Gasteiger partial charge in [-0.2, -0.15) is 0 Å². The molecule has 1 N–H and O–H groups in total. The summed E-state index contributed by atoms with van der Waals surface area (Å²) in [7, 11) is 1.19. The molecule has 0 unspecified atom stereocenters. The van der Waals surface area contributed by atoms with Crippen LogP contribution in [0.3, 0.4) is 0 Å². The number of pyridine rings is 1. The van der Waals surface area contributed by atoms with E-state index in [4.69, 9.17) is 0 Å². The topological polar surface area (TPSA) is 103 Å². The summed E-state index contributed by atoms with van der Waals surface area (Å²) < 4.78 is 4.33. The molecule has 7 nitrogen and oxygen atoms in total. The second kappa shape index (κ2) is 4.87. The van der Waals surface area contributed by atoms with Gasteiger partial charge in [-0.15, -0.1) is 0 Å². The van der Waals surface area contributed by atoms with Crippen LogP contribution in [-0.4, -0.2) is 28.1 Å². The van der Waals surface area contributed by atoms with Gasteiger partial charge in [0, 0.05) is 12.3 Å². The molecule has 0 aliphatic rings. The lowest BCUT2D eigenvalue weighted by Gasteiger charge is -1.98. The van der Waals surface area contributed by atoms with Crippen molar-refractivity contribution in [3.8, 4) is 5.88 Å². The van der Waals surface area contributed by atoms with E-state index in [1.54, 1.807) is 0 Å². The average Bonchev–Trinajstić information content (AvgIpc) is 2.25. The Morgan fingerprint density at radius 3 is 2.94 bits per heavy atom. The van der Waals surface area contributed by atoms with Crippen molar-refractivity contribution in [2.24, 2.45) is 0 Å². The monoisotopic (exact) mass is 224 g/mol. The van der Waals surface area contributed by atoms with Crippen molar-refractivity contribution in [3.63, 3.8) is 0 Å². The minimum absolute atomic E-state index is 0.0721.